The van der Waals surface area contributed by atoms with Gasteiger partial charge in [0.15, 0.2) is 0 Å². The molecule has 1 heterocycles. The molecule has 0 unspecified atom stereocenters. The highest BCUT2D eigenvalue weighted by Crippen LogP contribution is 2.52. The zero-order valence-corrected chi connectivity index (χ0v) is 14.8. The van der Waals surface area contributed by atoms with Gasteiger partial charge in [0.25, 0.3) is 0 Å². The van der Waals surface area contributed by atoms with Crippen LogP contribution in [0, 0.1) is 5.92 Å². The van der Waals surface area contributed by atoms with E-state index in [1.165, 1.54) is 11.1 Å². The molecule has 0 radical (unpaired) electrons. The molecular weight excluding hydrogens is 381 g/mol. The third-order valence-electron chi connectivity index (χ3n) is 4.66. The minimum absolute atomic E-state index is 0.247. The van der Waals surface area contributed by atoms with Crippen LogP contribution in [0.3, 0.4) is 0 Å². The molecule has 1 aliphatic heterocycles. The first-order valence-electron chi connectivity index (χ1n) is 7.31. The third kappa shape index (κ3) is 2.29. The van der Waals surface area contributed by atoms with Crippen molar-refractivity contribution in [1.29, 1.82) is 0 Å². The maximum absolute atomic E-state index is 6.45. The lowest BCUT2D eigenvalue weighted by molar-refractivity contribution is 0.425. The molecule has 2 aliphatic rings. The molecule has 0 spiro atoms. The molecule has 1 aliphatic carbocycles. The quantitative estimate of drug-likeness (QED) is 0.538. The van der Waals surface area contributed by atoms with Crippen LogP contribution in [-0.4, -0.2) is 0 Å². The molecule has 0 bridgehead atoms. The van der Waals surface area contributed by atoms with Crippen molar-refractivity contribution in [3.05, 3.63) is 74.2 Å². The van der Waals surface area contributed by atoms with Crippen LogP contribution in [-0.2, 0) is 0 Å². The summed E-state index contributed by atoms with van der Waals surface area (Å²) in [6.45, 7) is 0. The summed E-state index contributed by atoms with van der Waals surface area (Å²) in [7, 11) is 0. The lowest BCUT2D eigenvalue weighted by atomic mass is 9.77. The van der Waals surface area contributed by atoms with Crippen molar-refractivity contribution in [3.63, 3.8) is 0 Å². The van der Waals surface area contributed by atoms with Crippen molar-refractivity contribution in [2.45, 2.75) is 18.4 Å². The number of hydrogen-bond acceptors (Lipinski definition) is 1. The second-order valence-electron chi connectivity index (χ2n) is 5.85. The fourth-order valence-corrected chi connectivity index (χ4v) is 4.25. The predicted molar refractivity (Wildman–Crippen MR) is 97.0 cm³/mol. The Labute approximate surface area is 148 Å². The van der Waals surface area contributed by atoms with E-state index in [-0.39, 0.29) is 6.04 Å². The minimum Gasteiger partial charge on any atom is -0.376 e. The van der Waals surface area contributed by atoms with Crippen molar-refractivity contribution in [2.75, 3.05) is 5.32 Å². The Kier molecular flexibility index (Phi) is 3.72. The summed E-state index contributed by atoms with van der Waals surface area (Å²) in [5, 5.41) is 4.87. The lowest BCUT2D eigenvalue weighted by Gasteiger charge is -2.38. The number of benzene rings is 2. The second kappa shape index (κ2) is 5.59. The second-order valence-corrected chi connectivity index (χ2v) is 7.55. The number of anilines is 1. The van der Waals surface area contributed by atoms with Crippen molar-refractivity contribution in [1.82, 2.24) is 0 Å². The molecule has 2 aromatic rings. The van der Waals surface area contributed by atoms with E-state index in [4.69, 9.17) is 23.2 Å². The van der Waals surface area contributed by atoms with E-state index < -0.39 is 0 Å². The SMILES string of the molecule is Clc1ccc2c(c1Cl)N[C@@H](c1ccc(Br)cc1)[C@@H]1CC=C[C@H]21. The summed E-state index contributed by atoms with van der Waals surface area (Å²) in [5.74, 6) is 0.922. The number of allylic oxidation sites excluding steroid dienone is 2. The van der Waals surface area contributed by atoms with Crippen molar-refractivity contribution in [3.8, 4) is 0 Å². The lowest BCUT2D eigenvalue weighted by Crippen LogP contribution is -2.29. The van der Waals surface area contributed by atoms with Gasteiger partial charge in [0.1, 0.15) is 0 Å². The van der Waals surface area contributed by atoms with Gasteiger partial charge in [-0.15, -0.1) is 0 Å². The van der Waals surface area contributed by atoms with E-state index in [1.54, 1.807) is 0 Å². The molecule has 2 aromatic carbocycles. The largest absolute Gasteiger partial charge is 0.376 e. The van der Waals surface area contributed by atoms with Gasteiger partial charge in [0.05, 0.1) is 21.8 Å². The Bertz CT molecular complexity index is 754. The van der Waals surface area contributed by atoms with Crippen LogP contribution in [0.4, 0.5) is 5.69 Å². The maximum Gasteiger partial charge on any atom is 0.0826 e. The molecule has 0 aromatic heterocycles. The van der Waals surface area contributed by atoms with E-state index in [0.717, 1.165) is 16.6 Å². The average molecular weight is 395 g/mol. The van der Waals surface area contributed by atoms with Crippen LogP contribution in [0.15, 0.2) is 53.0 Å². The van der Waals surface area contributed by atoms with Gasteiger partial charge in [-0.1, -0.05) is 69.5 Å². The zero-order chi connectivity index (χ0) is 15.3. The van der Waals surface area contributed by atoms with Gasteiger partial charge in [-0.3, -0.25) is 0 Å². The molecule has 1 N–H and O–H groups in total. The third-order valence-corrected chi connectivity index (χ3v) is 5.99. The van der Waals surface area contributed by atoms with E-state index >= 15 is 0 Å². The van der Waals surface area contributed by atoms with Crippen LogP contribution >= 0.6 is 39.1 Å². The van der Waals surface area contributed by atoms with Gasteiger partial charge in [-0.05, 0) is 41.7 Å². The topological polar surface area (TPSA) is 12.0 Å². The summed E-state index contributed by atoms with van der Waals surface area (Å²) in [4.78, 5) is 0. The fraction of sp³-hybridized carbons (Fsp3) is 0.222. The number of nitrogens with one attached hydrogen (secondary N) is 1. The Morgan fingerprint density at radius 2 is 1.82 bits per heavy atom. The van der Waals surface area contributed by atoms with Gasteiger partial charge in [0, 0.05) is 10.4 Å². The molecule has 4 heteroatoms. The highest BCUT2D eigenvalue weighted by molar-refractivity contribution is 9.10. The Morgan fingerprint density at radius 1 is 1.05 bits per heavy atom. The standard InChI is InChI=1S/C18H14BrCl2N/c19-11-6-4-10(5-7-11)17-13-3-1-2-12(13)14-8-9-15(20)16(21)18(14)22-17/h1-2,4-9,12-13,17,22H,3H2/t12-,13+,17-/m0/s1. The normalized spacial score (nSPS) is 25.5. The van der Waals surface area contributed by atoms with E-state index in [1.807, 2.05) is 6.07 Å². The van der Waals surface area contributed by atoms with E-state index in [9.17, 15) is 0 Å². The van der Waals surface area contributed by atoms with Crippen LogP contribution in [0.5, 0.6) is 0 Å². The van der Waals surface area contributed by atoms with Gasteiger partial charge < -0.3 is 5.32 Å². The minimum atomic E-state index is 0.247. The summed E-state index contributed by atoms with van der Waals surface area (Å²) >= 11 is 16.2. The number of rotatable bonds is 1. The Hall–Kier alpha value is -0.960. The highest BCUT2D eigenvalue weighted by Gasteiger charge is 2.38. The zero-order valence-electron chi connectivity index (χ0n) is 11.7. The maximum atomic E-state index is 6.45. The van der Waals surface area contributed by atoms with Crippen LogP contribution in [0.1, 0.15) is 29.5 Å². The summed E-state index contributed by atoms with van der Waals surface area (Å²) < 4.78 is 1.09. The molecular formula is C18H14BrCl2N. The van der Waals surface area contributed by atoms with Crippen LogP contribution in [0.2, 0.25) is 10.0 Å². The fourth-order valence-electron chi connectivity index (χ4n) is 3.60. The van der Waals surface area contributed by atoms with E-state index in [0.29, 0.717) is 21.9 Å². The summed E-state index contributed by atoms with van der Waals surface area (Å²) in [5.41, 5.74) is 3.51. The molecule has 0 saturated carbocycles. The summed E-state index contributed by atoms with van der Waals surface area (Å²) in [6, 6.07) is 12.8. The predicted octanol–water partition coefficient (Wildman–Crippen LogP) is 6.58. The molecule has 112 valence electrons. The van der Waals surface area contributed by atoms with Crippen molar-refractivity contribution >= 4 is 44.8 Å². The smallest absolute Gasteiger partial charge is 0.0826 e. The molecule has 0 amide bonds. The highest BCUT2D eigenvalue weighted by atomic mass is 79.9. The molecule has 0 fully saturated rings. The number of fused-ring (bicyclic) bond motifs is 3. The monoisotopic (exact) mass is 393 g/mol. The van der Waals surface area contributed by atoms with Gasteiger partial charge in [-0.2, -0.15) is 0 Å². The van der Waals surface area contributed by atoms with Crippen LogP contribution < -0.4 is 5.32 Å². The molecule has 0 saturated heterocycles. The first-order valence-corrected chi connectivity index (χ1v) is 8.86. The Morgan fingerprint density at radius 3 is 2.59 bits per heavy atom. The molecule has 1 nitrogen and oxygen atoms in total. The molecule has 4 rings (SSSR count). The number of hydrogen-bond donors (Lipinski definition) is 1. The first kappa shape index (κ1) is 14.6. The van der Waals surface area contributed by atoms with Crippen molar-refractivity contribution in [2.24, 2.45) is 5.92 Å². The van der Waals surface area contributed by atoms with Gasteiger partial charge in [0.2, 0.25) is 0 Å². The average Bonchev–Trinajstić information content (AvgIpc) is 3.01. The van der Waals surface area contributed by atoms with Crippen molar-refractivity contribution < 1.29 is 0 Å². The molecule has 3 atom stereocenters. The Balaban J connectivity index is 1.82. The van der Waals surface area contributed by atoms with Gasteiger partial charge >= 0.3 is 0 Å². The van der Waals surface area contributed by atoms with E-state index in [2.05, 4.69) is 63.7 Å². The molecule has 22 heavy (non-hydrogen) atoms. The van der Waals surface area contributed by atoms with Crippen LogP contribution in [0.25, 0.3) is 0 Å². The summed E-state index contributed by atoms with van der Waals surface area (Å²) in [6.07, 6.45) is 5.67. The first-order chi connectivity index (χ1) is 10.6. The number of halogens is 3. The van der Waals surface area contributed by atoms with Gasteiger partial charge in [-0.25, -0.2) is 0 Å².